The van der Waals surface area contributed by atoms with Gasteiger partial charge in [-0.3, -0.25) is 4.98 Å². The first kappa shape index (κ1) is 13.6. The van der Waals surface area contributed by atoms with Gasteiger partial charge in [-0.2, -0.15) is 0 Å². The molecule has 3 aromatic rings. The quantitative estimate of drug-likeness (QED) is 0.797. The van der Waals surface area contributed by atoms with E-state index in [4.69, 9.17) is 10.2 Å². The molecule has 0 unspecified atom stereocenters. The lowest BCUT2D eigenvalue weighted by molar-refractivity contribution is 0.482. The number of para-hydroxylation sites is 1. The van der Waals surface area contributed by atoms with Crippen LogP contribution in [0.2, 0.25) is 0 Å². The van der Waals surface area contributed by atoms with Gasteiger partial charge in [-0.25, -0.2) is 0 Å². The van der Waals surface area contributed by atoms with Crippen LogP contribution >= 0.6 is 0 Å². The molecule has 2 N–H and O–H groups in total. The number of nitrogens with zero attached hydrogens (tertiary/aromatic N) is 2. The lowest BCUT2D eigenvalue weighted by Gasteiger charge is -2.23. The molecular formula is C17H19N3O. The fraction of sp³-hybridized carbons (Fsp3) is 0.235. The number of hydrogen-bond donors (Lipinski definition) is 1. The molecular weight excluding hydrogens is 262 g/mol. The molecule has 0 spiro atoms. The van der Waals surface area contributed by atoms with Crippen molar-refractivity contribution in [2.45, 2.75) is 20.0 Å². The summed E-state index contributed by atoms with van der Waals surface area (Å²) >= 11 is 0. The predicted octanol–water partition coefficient (Wildman–Crippen LogP) is 3.23. The Morgan fingerprint density at radius 3 is 2.71 bits per heavy atom. The minimum Gasteiger partial charge on any atom is -0.464 e. The molecule has 0 saturated heterocycles. The maximum Gasteiger partial charge on any atom is 0.123 e. The Balaban J connectivity index is 2.04. The normalized spacial score (nSPS) is 11.0. The van der Waals surface area contributed by atoms with Crippen molar-refractivity contribution in [1.29, 1.82) is 0 Å². The first-order valence-corrected chi connectivity index (χ1v) is 7.02. The number of benzene rings is 1. The molecule has 0 aliphatic rings. The molecule has 0 atom stereocenters. The van der Waals surface area contributed by atoms with E-state index in [1.807, 2.05) is 43.5 Å². The zero-order valence-electron chi connectivity index (χ0n) is 12.3. The van der Waals surface area contributed by atoms with Gasteiger partial charge in [0.25, 0.3) is 0 Å². The second-order valence-corrected chi connectivity index (χ2v) is 5.22. The Morgan fingerprint density at radius 2 is 2.00 bits per heavy atom. The number of hydrogen-bond acceptors (Lipinski definition) is 4. The Bertz CT molecular complexity index is 764. The summed E-state index contributed by atoms with van der Waals surface area (Å²) < 4.78 is 5.67. The minimum atomic E-state index is 0.467. The van der Waals surface area contributed by atoms with E-state index < -0.39 is 0 Å². The van der Waals surface area contributed by atoms with Crippen molar-refractivity contribution in [3.63, 3.8) is 0 Å². The zero-order valence-corrected chi connectivity index (χ0v) is 12.3. The molecule has 4 heteroatoms. The predicted molar refractivity (Wildman–Crippen MR) is 85.2 cm³/mol. The molecule has 21 heavy (non-hydrogen) atoms. The van der Waals surface area contributed by atoms with Gasteiger partial charge in [0.2, 0.25) is 0 Å². The van der Waals surface area contributed by atoms with Crippen molar-refractivity contribution in [2.75, 3.05) is 11.9 Å². The lowest BCUT2D eigenvalue weighted by atomic mass is 10.1. The molecule has 2 heterocycles. The Morgan fingerprint density at radius 1 is 1.19 bits per heavy atom. The Kier molecular flexibility index (Phi) is 3.62. The molecule has 3 rings (SSSR count). The number of anilines is 1. The summed E-state index contributed by atoms with van der Waals surface area (Å²) in [4.78, 5) is 6.65. The fourth-order valence-electron chi connectivity index (χ4n) is 2.65. The van der Waals surface area contributed by atoms with Crippen LogP contribution < -0.4 is 10.6 Å². The van der Waals surface area contributed by atoms with Crippen LogP contribution in [0, 0.1) is 6.92 Å². The van der Waals surface area contributed by atoms with E-state index in [1.54, 1.807) is 0 Å². The second kappa shape index (κ2) is 5.58. The average Bonchev–Trinajstić information content (AvgIpc) is 2.90. The first-order valence-electron chi connectivity index (χ1n) is 7.02. The SMILES string of the molecule is Cc1ccc(CN(C)c2c(CN)cnc3ccccc23)o1. The molecule has 0 aliphatic carbocycles. The smallest absolute Gasteiger partial charge is 0.123 e. The molecule has 0 saturated carbocycles. The molecule has 108 valence electrons. The number of furan rings is 1. The van der Waals surface area contributed by atoms with E-state index in [0.29, 0.717) is 13.1 Å². The Hall–Kier alpha value is -2.33. The van der Waals surface area contributed by atoms with Gasteiger partial charge in [-0.15, -0.1) is 0 Å². The third-order valence-corrected chi connectivity index (χ3v) is 3.61. The zero-order chi connectivity index (χ0) is 14.8. The van der Waals surface area contributed by atoms with E-state index >= 15 is 0 Å². The van der Waals surface area contributed by atoms with Crippen molar-refractivity contribution in [1.82, 2.24) is 4.98 Å². The van der Waals surface area contributed by atoms with E-state index in [2.05, 4.69) is 23.0 Å². The van der Waals surface area contributed by atoms with Crippen molar-refractivity contribution in [3.8, 4) is 0 Å². The van der Waals surface area contributed by atoms with Crippen LogP contribution in [-0.2, 0) is 13.1 Å². The summed E-state index contributed by atoms with van der Waals surface area (Å²) in [6.07, 6.45) is 1.86. The van der Waals surface area contributed by atoms with Crippen molar-refractivity contribution < 1.29 is 4.42 Å². The van der Waals surface area contributed by atoms with E-state index in [9.17, 15) is 0 Å². The minimum absolute atomic E-state index is 0.467. The van der Waals surface area contributed by atoms with E-state index in [1.165, 1.54) is 0 Å². The maximum absolute atomic E-state index is 5.89. The van der Waals surface area contributed by atoms with Crippen molar-refractivity contribution >= 4 is 16.6 Å². The topological polar surface area (TPSA) is 55.3 Å². The highest BCUT2D eigenvalue weighted by Crippen LogP contribution is 2.29. The third kappa shape index (κ3) is 2.62. The van der Waals surface area contributed by atoms with Gasteiger partial charge in [0, 0.05) is 30.7 Å². The Labute approximate surface area is 124 Å². The van der Waals surface area contributed by atoms with Crippen LogP contribution in [0.25, 0.3) is 10.9 Å². The second-order valence-electron chi connectivity index (χ2n) is 5.22. The molecule has 0 fully saturated rings. The number of pyridine rings is 1. The maximum atomic E-state index is 5.89. The van der Waals surface area contributed by atoms with Crippen LogP contribution in [0.5, 0.6) is 0 Å². The van der Waals surface area contributed by atoms with Gasteiger partial charge < -0.3 is 15.1 Å². The summed E-state index contributed by atoms with van der Waals surface area (Å²) in [6, 6.07) is 12.1. The monoisotopic (exact) mass is 281 g/mol. The van der Waals surface area contributed by atoms with Crippen molar-refractivity contribution in [3.05, 3.63) is 59.7 Å². The summed E-state index contributed by atoms with van der Waals surface area (Å²) in [5.74, 6) is 1.87. The highest BCUT2D eigenvalue weighted by molar-refractivity contribution is 5.93. The number of aromatic nitrogens is 1. The standard InChI is InChI=1S/C17H19N3O/c1-12-7-8-14(21-12)11-20(2)17-13(9-18)10-19-16-6-4-3-5-15(16)17/h3-8,10H,9,11,18H2,1-2H3. The fourth-order valence-corrected chi connectivity index (χ4v) is 2.65. The van der Waals surface area contributed by atoms with Gasteiger partial charge in [0.15, 0.2) is 0 Å². The average molecular weight is 281 g/mol. The van der Waals surface area contributed by atoms with E-state index in [0.717, 1.165) is 33.7 Å². The molecule has 0 radical (unpaired) electrons. The molecule has 2 aromatic heterocycles. The number of rotatable bonds is 4. The van der Waals surface area contributed by atoms with Gasteiger partial charge in [-0.05, 0) is 25.1 Å². The highest BCUT2D eigenvalue weighted by atomic mass is 16.3. The summed E-state index contributed by atoms with van der Waals surface area (Å²) in [6.45, 7) is 3.13. The first-order chi connectivity index (χ1) is 10.2. The van der Waals surface area contributed by atoms with Crippen LogP contribution in [0.1, 0.15) is 17.1 Å². The van der Waals surface area contributed by atoms with Gasteiger partial charge in [0.1, 0.15) is 11.5 Å². The van der Waals surface area contributed by atoms with Gasteiger partial charge in [-0.1, -0.05) is 18.2 Å². The third-order valence-electron chi connectivity index (χ3n) is 3.61. The number of fused-ring (bicyclic) bond motifs is 1. The molecule has 0 bridgehead atoms. The van der Waals surface area contributed by atoms with Crippen LogP contribution in [0.3, 0.4) is 0 Å². The van der Waals surface area contributed by atoms with Crippen molar-refractivity contribution in [2.24, 2.45) is 5.73 Å². The number of nitrogens with two attached hydrogens (primary N) is 1. The van der Waals surface area contributed by atoms with Crippen LogP contribution in [0.4, 0.5) is 5.69 Å². The molecule has 4 nitrogen and oxygen atoms in total. The summed E-state index contributed by atoms with van der Waals surface area (Å²) in [5, 5.41) is 1.12. The number of aryl methyl sites for hydroxylation is 1. The van der Waals surface area contributed by atoms with Gasteiger partial charge >= 0.3 is 0 Å². The molecule has 0 aliphatic heterocycles. The molecule has 1 aromatic carbocycles. The van der Waals surface area contributed by atoms with Gasteiger partial charge in [0.05, 0.1) is 17.7 Å². The largest absolute Gasteiger partial charge is 0.464 e. The highest BCUT2D eigenvalue weighted by Gasteiger charge is 2.13. The lowest BCUT2D eigenvalue weighted by Crippen LogP contribution is -2.19. The van der Waals surface area contributed by atoms with Crippen LogP contribution in [0.15, 0.2) is 47.0 Å². The summed E-state index contributed by atoms with van der Waals surface area (Å²) in [5.41, 5.74) is 9.03. The van der Waals surface area contributed by atoms with E-state index in [-0.39, 0.29) is 0 Å². The van der Waals surface area contributed by atoms with Crippen LogP contribution in [-0.4, -0.2) is 12.0 Å². The summed E-state index contributed by atoms with van der Waals surface area (Å²) in [7, 11) is 2.05. The molecule has 0 amide bonds.